The Morgan fingerprint density at radius 2 is 1.58 bits per heavy atom. The first-order chi connectivity index (χ1) is 16.1. The molecule has 7 heteroatoms. The molecule has 178 valence electrons. The van der Waals surface area contributed by atoms with Gasteiger partial charge < -0.3 is 29.3 Å². The van der Waals surface area contributed by atoms with Gasteiger partial charge in [0.15, 0.2) is 0 Å². The number of amides is 1. The zero-order valence-electron chi connectivity index (χ0n) is 19.7. The molecule has 0 radical (unpaired) electrons. The number of ether oxygens (including phenoxy) is 3. The lowest BCUT2D eigenvalue weighted by atomic mass is 10.1. The molecule has 1 N–H and O–H groups in total. The summed E-state index contributed by atoms with van der Waals surface area (Å²) in [6.45, 7) is 11.2. The van der Waals surface area contributed by atoms with E-state index in [4.69, 9.17) is 14.2 Å². The Kier molecular flexibility index (Phi) is 8.07. The molecule has 0 aliphatic carbocycles. The molecular weight excluding hydrogens is 418 g/mol. The molecule has 2 aromatic rings. The first kappa shape index (κ1) is 23.4. The lowest BCUT2D eigenvalue weighted by molar-refractivity contribution is 0.102. The van der Waals surface area contributed by atoms with E-state index in [0.29, 0.717) is 31.3 Å². The Hall–Kier alpha value is -2.77. The number of nitrogens with zero attached hydrogens (tertiary/aromatic N) is 2. The Morgan fingerprint density at radius 1 is 0.939 bits per heavy atom. The van der Waals surface area contributed by atoms with Crippen LogP contribution in [0.4, 0.5) is 17.1 Å². The van der Waals surface area contributed by atoms with Crippen LogP contribution < -0.4 is 19.9 Å². The molecule has 33 heavy (non-hydrogen) atoms. The zero-order valence-corrected chi connectivity index (χ0v) is 19.7. The normalized spacial score (nSPS) is 16.7. The van der Waals surface area contributed by atoms with Crippen molar-refractivity contribution in [2.24, 2.45) is 5.92 Å². The minimum Gasteiger partial charge on any atom is -0.494 e. The molecule has 0 saturated carbocycles. The summed E-state index contributed by atoms with van der Waals surface area (Å²) in [7, 11) is 0. The third-order valence-electron chi connectivity index (χ3n) is 6.04. The average Bonchev–Trinajstić information content (AvgIpc) is 2.85. The van der Waals surface area contributed by atoms with Crippen molar-refractivity contribution in [3.8, 4) is 5.75 Å². The number of nitrogens with one attached hydrogen (secondary N) is 1. The van der Waals surface area contributed by atoms with Gasteiger partial charge in [-0.3, -0.25) is 4.79 Å². The van der Waals surface area contributed by atoms with Crippen molar-refractivity contribution < 1.29 is 19.0 Å². The van der Waals surface area contributed by atoms with Crippen LogP contribution in [0.2, 0.25) is 0 Å². The third-order valence-corrected chi connectivity index (χ3v) is 6.04. The summed E-state index contributed by atoms with van der Waals surface area (Å²) in [4.78, 5) is 17.6. The van der Waals surface area contributed by atoms with Gasteiger partial charge in [-0.1, -0.05) is 13.8 Å². The molecule has 2 aromatic carbocycles. The van der Waals surface area contributed by atoms with Crippen molar-refractivity contribution in [2.45, 2.75) is 20.3 Å². The molecule has 2 aliphatic rings. The van der Waals surface area contributed by atoms with Crippen molar-refractivity contribution in [3.05, 3.63) is 48.0 Å². The molecule has 1 amide bonds. The third kappa shape index (κ3) is 6.39. The van der Waals surface area contributed by atoms with E-state index >= 15 is 0 Å². The standard InChI is InChI=1S/C26H35N3O4/c1-20(2)9-14-33-23-6-3-21(4-7-23)26(30)27-24-8-5-22(28-10-15-31-16-11-28)19-25(24)29-12-17-32-18-13-29/h3-8,19-20H,9-18H2,1-2H3,(H,27,30). The highest BCUT2D eigenvalue weighted by Gasteiger charge is 2.20. The lowest BCUT2D eigenvalue weighted by Crippen LogP contribution is -2.38. The van der Waals surface area contributed by atoms with E-state index in [1.807, 2.05) is 30.3 Å². The summed E-state index contributed by atoms with van der Waals surface area (Å²) in [5.41, 5.74) is 3.61. The monoisotopic (exact) mass is 453 g/mol. The van der Waals surface area contributed by atoms with Crippen molar-refractivity contribution in [2.75, 3.05) is 74.3 Å². The average molecular weight is 454 g/mol. The topological polar surface area (TPSA) is 63.3 Å². The fourth-order valence-electron chi connectivity index (χ4n) is 4.02. The van der Waals surface area contributed by atoms with Gasteiger partial charge in [0.05, 0.1) is 44.4 Å². The summed E-state index contributed by atoms with van der Waals surface area (Å²) in [5.74, 6) is 1.26. The van der Waals surface area contributed by atoms with E-state index in [1.54, 1.807) is 0 Å². The van der Waals surface area contributed by atoms with Crippen molar-refractivity contribution in [1.82, 2.24) is 0 Å². The van der Waals surface area contributed by atoms with Crippen LogP contribution in [0.15, 0.2) is 42.5 Å². The highest BCUT2D eigenvalue weighted by atomic mass is 16.5. The first-order valence-corrected chi connectivity index (χ1v) is 11.9. The van der Waals surface area contributed by atoms with Gasteiger partial charge in [-0.05, 0) is 54.8 Å². The predicted molar refractivity (Wildman–Crippen MR) is 132 cm³/mol. The molecule has 2 saturated heterocycles. The molecular formula is C26H35N3O4. The highest BCUT2D eigenvalue weighted by molar-refractivity contribution is 6.06. The summed E-state index contributed by atoms with van der Waals surface area (Å²) in [6.07, 6.45) is 1.01. The molecule has 0 unspecified atom stereocenters. The molecule has 0 atom stereocenters. The van der Waals surface area contributed by atoms with Crippen LogP contribution in [0.3, 0.4) is 0 Å². The second kappa shape index (κ2) is 11.4. The molecule has 0 aromatic heterocycles. The maximum atomic E-state index is 13.0. The van der Waals surface area contributed by atoms with Crippen molar-refractivity contribution in [3.63, 3.8) is 0 Å². The van der Waals surface area contributed by atoms with Crippen LogP contribution in [0.25, 0.3) is 0 Å². The lowest BCUT2D eigenvalue weighted by Gasteiger charge is -2.33. The van der Waals surface area contributed by atoms with Crippen molar-refractivity contribution in [1.29, 1.82) is 0 Å². The molecule has 4 rings (SSSR count). The van der Waals surface area contributed by atoms with Crippen LogP contribution in [-0.4, -0.2) is 65.1 Å². The van der Waals surface area contributed by atoms with E-state index in [9.17, 15) is 4.79 Å². The fourth-order valence-corrected chi connectivity index (χ4v) is 4.02. The van der Waals surface area contributed by atoms with Gasteiger partial charge in [0, 0.05) is 37.4 Å². The second-order valence-electron chi connectivity index (χ2n) is 8.91. The number of morpholine rings is 2. The molecule has 0 bridgehead atoms. The fraction of sp³-hybridized carbons (Fsp3) is 0.500. The predicted octanol–water partition coefficient (Wildman–Crippen LogP) is 4.04. The van der Waals surface area contributed by atoms with Gasteiger partial charge in [0.2, 0.25) is 0 Å². The maximum Gasteiger partial charge on any atom is 0.255 e. The van der Waals surface area contributed by atoms with E-state index in [-0.39, 0.29) is 5.91 Å². The molecule has 0 spiro atoms. The van der Waals surface area contributed by atoms with E-state index < -0.39 is 0 Å². The highest BCUT2D eigenvalue weighted by Crippen LogP contribution is 2.32. The van der Waals surface area contributed by atoms with E-state index in [1.165, 1.54) is 0 Å². The van der Waals surface area contributed by atoms with Crippen LogP contribution in [0, 0.1) is 5.92 Å². The summed E-state index contributed by atoms with van der Waals surface area (Å²) >= 11 is 0. The number of benzene rings is 2. The first-order valence-electron chi connectivity index (χ1n) is 11.9. The number of hydrogen-bond donors (Lipinski definition) is 1. The van der Waals surface area contributed by atoms with Gasteiger partial charge >= 0.3 is 0 Å². The maximum absolute atomic E-state index is 13.0. The van der Waals surface area contributed by atoms with E-state index in [0.717, 1.165) is 68.6 Å². The number of rotatable bonds is 8. The number of carbonyl (C=O) groups is 1. The van der Waals surface area contributed by atoms with Crippen molar-refractivity contribution >= 4 is 23.0 Å². The minimum atomic E-state index is -0.127. The van der Waals surface area contributed by atoms with Gasteiger partial charge in [-0.2, -0.15) is 0 Å². The Bertz CT molecular complexity index is 904. The van der Waals surface area contributed by atoms with E-state index in [2.05, 4.69) is 41.1 Å². The van der Waals surface area contributed by atoms with Crippen LogP contribution >= 0.6 is 0 Å². The number of hydrogen-bond acceptors (Lipinski definition) is 6. The SMILES string of the molecule is CC(C)CCOc1ccc(C(=O)Nc2ccc(N3CCOCC3)cc2N2CCOCC2)cc1. The Morgan fingerprint density at radius 3 is 2.21 bits per heavy atom. The molecule has 2 fully saturated rings. The Labute approximate surface area is 196 Å². The largest absolute Gasteiger partial charge is 0.494 e. The minimum absolute atomic E-state index is 0.127. The second-order valence-corrected chi connectivity index (χ2v) is 8.91. The quantitative estimate of drug-likeness (QED) is 0.651. The summed E-state index contributed by atoms with van der Waals surface area (Å²) in [5, 5.41) is 3.13. The smallest absolute Gasteiger partial charge is 0.255 e. The van der Waals surface area contributed by atoms with Gasteiger partial charge in [0.1, 0.15) is 5.75 Å². The zero-order chi connectivity index (χ0) is 23.0. The molecule has 2 aliphatic heterocycles. The van der Waals surface area contributed by atoms with Crippen LogP contribution in [-0.2, 0) is 9.47 Å². The molecule has 2 heterocycles. The van der Waals surface area contributed by atoms with Crippen LogP contribution in [0.1, 0.15) is 30.6 Å². The number of anilines is 3. The van der Waals surface area contributed by atoms with Gasteiger partial charge in [0.25, 0.3) is 5.91 Å². The summed E-state index contributed by atoms with van der Waals surface area (Å²) in [6, 6.07) is 13.6. The molecule has 7 nitrogen and oxygen atoms in total. The van der Waals surface area contributed by atoms with Gasteiger partial charge in [-0.25, -0.2) is 0 Å². The van der Waals surface area contributed by atoms with Gasteiger partial charge in [-0.15, -0.1) is 0 Å². The summed E-state index contributed by atoms with van der Waals surface area (Å²) < 4.78 is 16.8. The Balaban J connectivity index is 1.48. The van der Waals surface area contributed by atoms with Crippen LogP contribution in [0.5, 0.6) is 5.75 Å². The number of carbonyl (C=O) groups excluding carboxylic acids is 1.